The molecule has 0 aromatic rings. The lowest BCUT2D eigenvalue weighted by Crippen LogP contribution is -2.34. The van der Waals surface area contributed by atoms with E-state index >= 15 is 0 Å². The zero-order valence-corrected chi connectivity index (χ0v) is 10.9. The first kappa shape index (κ1) is 15.9. The van der Waals surface area contributed by atoms with Gasteiger partial charge in [-0.3, -0.25) is 4.79 Å². The number of carbonyl (C=O) groups is 1. The molecule has 0 spiro atoms. The molecule has 0 aliphatic heterocycles. The summed E-state index contributed by atoms with van der Waals surface area (Å²) in [6.07, 6.45) is 5.87. The Morgan fingerprint density at radius 3 is 2.56 bits per heavy atom. The van der Waals surface area contributed by atoms with Crippen LogP contribution in [0.5, 0.6) is 0 Å². The molecule has 0 heterocycles. The van der Waals surface area contributed by atoms with Crippen LogP contribution in [0.2, 0.25) is 0 Å². The van der Waals surface area contributed by atoms with Crippen LogP contribution in [0.3, 0.4) is 0 Å². The molecule has 0 aromatic carbocycles. The molecule has 6 heteroatoms. The van der Waals surface area contributed by atoms with Crippen molar-refractivity contribution in [1.82, 2.24) is 5.32 Å². The van der Waals surface area contributed by atoms with Gasteiger partial charge in [-0.25, -0.2) is 0 Å². The molecule has 0 bridgehead atoms. The fraction of sp³-hybridized carbons (Fsp3) is 0.700. The number of nitrogens with one attached hydrogen (secondary N) is 1. The maximum atomic E-state index is 11.2. The summed E-state index contributed by atoms with van der Waals surface area (Å²) >= 11 is 16.2. The molecule has 2 N–H and O–H groups in total. The lowest BCUT2D eigenvalue weighted by atomic mass is 10.2. The molecule has 0 radical (unpaired) electrons. The summed E-state index contributed by atoms with van der Waals surface area (Å²) in [5.74, 6) is 2.16. The van der Waals surface area contributed by atoms with Gasteiger partial charge in [0.2, 0.25) is 9.70 Å². The molecule has 16 heavy (non-hydrogen) atoms. The summed E-state index contributed by atoms with van der Waals surface area (Å²) in [5.41, 5.74) is 0. The van der Waals surface area contributed by atoms with Gasteiger partial charge >= 0.3 is 0 Å². The summed E-state index contributed by atoms with van der Waals surface area (Å²) in [6, 6.07) is 0. The molecule has 0 unspecified atom stereocenters. The van der Waals surface area contributed by atoms with Crippen LogP contribution in [-0.4, -0.2) is 27.5 Å². The first-order valence-electron chi connectivity index (χ1n) is 4.83. The topological polar surface area (TPSA) is 49.3 Å². The highest BCUT2D eigenvalue weighted by molar-refractivity contribution is 6.68. The maximum absolute atomic E-state index is 11.2. The van der Waals surface area contributed by atoms with Crippen LogP contribution in [0.1, 0.15) is 25.7 Å². The predicted octanol–water partition coefficient (Wildman–Crippen LogP) is 2.03. The molecule has 92 valence electrons. The Hall–Kier alpha value is -0.140. The van der Waals surface area contributed by atoms with Crippen molar-refractivity contribution in [3.05, 3.63) is 0 Å². The van der Waals surface area contributed by atoms with Crippen molar-refractivity contribution >= 4 is 40.7 Å². The molecular formula is C10H14Cl3NO2. The van der Waals surface area contributed by atoms with Crippen LogP contribution >= 0.6 is 34.8 Å². The van der Waals surface area contributed by atoms with E-state index < -0.39 is 9.90 Å². The van der Waals surface area contributed by atoms with Gasteiger partial charge in [0.1, 0.15) is 6.10 Å². The standard InChI is InChI=1S/C10H14Cl3NO2/c1-2-3-4-5-6-14-9(16)7-8(15)10(11,12)13/h1,8,15H,3-7H2,(H,14,16)/t8-/m0/s1. The van der Waals surface area contributed by atoms with Gasteiger partial charge in [-0.1, -0.05) is 34.8 Å². The Bertz CT molecular complexity index is 258. The minimum atomic E-state index is -1.83. The van der Waals surface area contributed by atoms with E-state index in [2.05, 4.69) is 11.2 Å². The van der Waals surface area contributed by atoms with Gasteiger partial charge in [0.05, 0.1) is 6.42 Å². The van der Waals surface area contributed by atoms with Crippen LogP contribution in [0.4, 0.5) is 0 Å². The average Bonchev–Trinajstić information content (AvgIpc) is 2.16. The van der Waals surface area contributed by atoms with Crippen molar-refractivity contribution in [2.24, 2.45) is 0 Å². The SMILES string of the molecule is C#CCCCCNC(=O)C[C@H](O)C(Cl)(Cl)Cl. The zero-order chi connectivity index (χ0) is 12.6. The molecule has 0 aromatic heterocycles. The minimum Gasteiger partial charge on any atom is -0.388 e. The first-order chi connectivity index (χ1) is 7.38. The second-order valence-electron chi connectivity index (χ2n) is 3.27. The minimum absolute atomic E-state index is 0.231. The Morgan fingerprint density at radius 1 is 1.44 bits per heavy atom. The molecular weight excluding hydrogens is 272 g/mol. The van der Waals surface area contributed by atoms with Crippen molar-refractivity contribution in [3.63, 3.8) is 0 Å². The highest BCUT2D eigenvalue weighted by atomic mass is 35.6. The molecule has 3 nitrogen and oxygen atoms in total. The quantitative estimate of drug-likeness (QED) is 0.446. The van der Waals surface area contributed by atoms with E-state index in [0.29, 0.717) is 13.0 Å². The van der Waals surface area contributed by atoms with Crippen LogP contribution in [0.25, 0.3) is 0 Å². The lowest BCUT2D eigenvalue weighted by molar-refractivity contribution is -0.122. The summed E-state index contributed by atoms with van der Waals surface area (Å²) in [7, 11) is 0. The number of halogens is 3. The van der Waals surface area contributed by atoms with Crippen molar-refractivity contribution in [2.45, 2.75) is 35.6 Å². The molecule has 0 saturated carbocycles. The first-order valence-corrected chi connectivity index (χ1v) is 5.96. The number of carbonyl (C=O) groups excluding carboxylic acids is 1. The van der Waals surface area contributed by atoms with Crippen molar-refractivity contribution in [3.8, 4) is 12.3 Å². The van der Waals surface area contributed by atoms with E-state index in [0.717, 1.165) is 12.8 Å². The van der Waals surface area contributed by atoms with Crippen molar-refractivity contribution < 1.29 is 9.90 Å². The number of aliphatic hydroxyl groups excluding tert-OH is 1. The van der Waals surface area contributed by atoms with Gasteiger partial charge in [-0.05, 0) is 12.8 Å². The third kappa shape index (κ3) is 8.06. The number of terminal acetylenes is 1. The van der Waals surface area contributed by atoms with E-state index in [1.54, 1.807) is 0 Å². The monoisotopic (exact) mass is 285 g/mol. The van der Waals surface area contributed by atoms with Crippen molar-refractivity contribution in [1.29, 1.82) is 0 Å². The van der Waals surface area contributed by atoms with E-state index in [4.69, 9.17) is 41.2 Å². The molecule has 0 fully saturated rings. The highest BCUT2D eigenvalue weighted by Gasteiger charge is 2.32. The normalized spacial score (nSPS) is 12.9. The van der Waals surface area contributed by atoms with E-state index in [1.165, 1.54) is 0 Å². The molecule has 0 rings (SSSR count). The summed E-state index contributed by atoms with van der Waals surface area (Å²) in [5, 5.41) is 11.9. The number of unbranched alkanes of at least 4 members (excludes halogenated alkanes) is 2. The van der Waals surface area contributed by atoms with Gasteiger partial charge in [0, 0.05) is 13.0 Å². The van der Waals surface area contributed by atoms with Crippen LogP contribution in [0, 0.1) is 12.3 Å². The summed E-state index contributed by atoms with van der Waals surface area (Å²) < 4.78 is -1.83. The molecule has 0 aliphatic carbocycles. The van der Waals surface area contributed by atoms with Gasteiger partial charge in [0.25, 0.3) is 0 Å². The second-order valence-corrected chi connectivity index (χ2v) is 5.64. The lowest BCUT2D eigenvalue weighted by Gasteiger charge is -2.18. The van der Waals surface area contributed by atoms with Crippen LogP contribution < -0.4 is 5.32 Å². The number of hydrogen-bond donors (Lipinski definition) is 2. The van der Waals surface area contributed by atoms with Gasteiger partial charge in [-0.15, -0.1) is 12.3 Å². The van der Waals surface area contributed by atoms with Gasteiger partial charge < -0.3 is 10.4 Å². The largest absolute Gasteiger partial charge is 0.388 e. The Kier molecular flexibility index (Phi) is 7.96. The van der Waals surface area contributed by atoms with Gasteiger partial charge in [0.15, 0.2) is 0 Å². The molecule has 0 saturated heterocycles. The number of aliphatic hydroxyl groups is 1. The number of rotatable bonds is 6. The Labute approximate surface area is 110 Å². The molecule has 0 aliphatic rings. The fourth-order valence-electron chi connectivity index (χ4n) is 0.943. The highest BCUT2D eigenvalue weighted by Crippen LogP contribution is 2.31. The molecule has 1 atom stereocenters. The number of alkyl halides is 3. The maximum Gasteiger partial charge on any atom is 0.222 e. The third-order valence-corrected chi connectivity index (χ3v) is 2.58. The second kappa shape index (κ2) is 8.03. The predicted molar refractivity (Wildman–Crippen MR) is 66.6 cm³/mol. The number of hydrogen-bond acceptors (Lipinski definition) is 2. The van der Waals surface area contributed by atoms with E-state index in [1.807, 2.05) is 0 Å². The van der Waals surface area contributed by atoms with Crippen LogP contribution in [0.15, 0.2) is 0 Å². The Balaban J connectivity index is 3.64. The Morgan fingerprint density at radius 2 is 2.06 bits per heavy atom. The molecule has 1 amide bonds. The van der Waals surface area contributed by atoms with Crippen LogP contribution in [-0.2, 0) is 4.79 Å². The fourth-order valence-corrected chi connectivity index (χ4v) is 1.17. The van der Waals surface area contributed by atoms with Crippen molar-refractivity contribution in [2.75, 3.05) is 6.54 Å². The third-order valence-electron chi connectivity index (χ3n) is 1.83. The summed E-state index contributed by atoms with van der Waals surface area (Å²) in [6.45, 7) is 0.507. The van der Waals surface area contributed by atoms with E-state index in [9.17, 15) is 9.90 Å². The smallest absolute Gasteiger partial charge is 0.222 e. The van der Waals surface area contributed by atoms with Gasteiger partial charge in [-0.2, -0.15) is 0 Å². The van der Waals surface area contributed by atoms with E-state index in [-0.39, 0.29) is 12.3 Å². The zero-order valence-electron chi connectivity index (χ0n) is 8.68. The average molecular weight is 287 g/mol. The summed E-state index contributed by atoms with van der Waals surface area (Å²) in [4.78, 5) is 11.2. The number of amides is 1.